The van der Waals surface area contributed by atoms with Crippen LogP contribution < -0.4 is 10.1 Å². The molecule has 2 rings (SSSR count). The zero-order valence-electron chi connectivity index (χ0n) is 14.7. The van der Waals surface area contributed by atoms with E-state index in [4.69, 9.17) is 16.3 Å². The monoisotopic (exact) mass is 352 g/mol. The molecule has 0 aromatic heterocycles. The Morgan fingerprint density at radius 1 is 1.25 bits per heavy atom. The molecule has 1 heterocycles. The second-order valence-corrected chi connectivity index (χ2v) is 7.57. The van der Waals surface area contributed by atoms with Gasteiger partial charge in [-0.25, -0.2) is 0 Å². The van der Waals surface area contributed by atoms with Crippen molar-refractivity contribution in [1.82, 2.24) is 10.2 Å². The Bertz CT molecular complexity index is 617. The van der Waals surface area contributed by atoms with Crippen LogP contribution in [0.15, 0.2) is 18.2 Å². The van der Waals surface area contributed by atoms with Crippen molar-refractivity contribution in [3.63, 3.8) is 0 Å². The summed E-state index contributed by atoms with van der Waals surface area (Å²) in [5, 5.41) is 3.51. The van der Waals surface area contributed by atoms with Gasteiger partial charge in [0, 0.05) is 29.6 Å². The summed E-state index contributed by atoms with van der Waals surface area (Å²) in [4.78, 5) is 26.7. The molecule has 24 heavy (non-hydrogen) atoms. The summed E-state index contributed by atoms with van der Waals surface area (Å²) in [6.45, 7) is 7.10. The van der Waals surface area contributed by atoms with Crippen molar-refractivity contribution in [2.24, 2.45) is 5.41 Å². The van der Waals surface area contributed by atoms with Gasteiger partial charge in [0.2, 0.25) is 5.91 Å². The van der Waals surface area contributed by atoms with E-state index in [9.17, 15) is 9.59 Å². The molecule has 0 unspecified atom stereocenters. The third-order valence-corrected chi connectivity index (χ3v) is 4.40. The predicted octanol–water partition coefficient (Wildman–Crippen LogP) is 3.12. The maximum absolute atomic E-state index is 12.5. The minimum Gasteiger partial charge on any atom is -0.496 e. The number of nitrogens with one attached hydrogen (secondary N) is 1. The van der Waals surface area contributed by atoms with Crippen molar-refractivity contribution in [3.05, 3.63) is 28.8 Å². The minimum absolute atomic E-state index is 0.0465. The van der Waals surface area contributed by atoms with Crippen molar-refractivity contribution in [2.45, 2.75) is 39.7 Å². The quantitative estimate of drug-likeness (QED) is 0.909. The molecular weight excluding hydrogens is 328 g/mol. The number of carbonyl (C=O) groups excluding carboxylic acids is 2. The first-order chi connectivity index (χ1) is 11.2. The lowest BCUT2D eigenvalue weighted by atomic mass is 9.93. The largest absolute Gasteiger partial charge is 0.496 e. The Morgan fingerprint density at radius 2 is 1.88 bits per heavy atom. The number of hydrogen-bond donors (Lipinski definition) is 1. The van der Waals surface area contributed by atoms with Crippen molar-refractivity contribution >= 4 is 23.4 Å². The van der Waals surface area contributed by atoms with Gasteiger partial charge in [-0.3, -0.25) is 9.59 Å². The Balaban J connectivity index is 1.96. The number of piperidine rings is 1. The van der Waals surface area contributed by atoms with E-state index in [1.807, 2.05) is 25.7 Å². The van der Waals surface area contributed by atoms with Crippen molar-refractivity contribution in [2.75, 3.05) is 20.2 Å². The smallest absolute Gasteiger partial charge is 0.255 e. The number of carbonyl (C=O) groups is 2. The number of rotatable bonds is 3. The highest BCUT2D eigenvalue weighted by Crippen LogP contribution is 2.24. The Labute approximate surface area is 148 Å². The van der Waals surface area contributed by atoms with Gasteiger partial charge in [0.25, 0.3) is 5.91 Å². The topological polar surface area (TPSA) is 58.6 Å². The van der Waals surface area contributed by atoms with Crippen molar-refractivity contribution in [3.8, 4) is 5.75 Å². The zero-order valence-corrected chi connectivity index (χ0v) is 15.4. The number of likely N-dealkylation sites (tertiary alicyclic amines) is 1. The van der Waals surface area contributed by atoms with Gasteiger partial charge < -0.3 is 15.0 Å². The molecule has 6 heteroatoms. The van der Waals surface area contributed by atoms with Crippen molar-refractivity contribution in [1.29, 1.82) is 0 Å². The van der Waals surface area contributed by atoms with Crippen LogP contribution in [-0.4, -0.2) is 43.0 Å². The molecule has 1 aliphatic heterocycles. The van der Waals surface area contributed by atoms with Crippen LogP contribution in [0.2, 0.25) is 5.02 Å². The molecule has 0 aliphatic carbocycles. The molecule has 1 N–H and O–H groups in total. The van der Waals surface area contributed by atoms with Crippen LogP contribution in [-0.2, 0) is 4.79 Å². The van der Waals surface area contributed by atoms with E-state index in [0.717, 1.165) is 12.8 Å². The van der Waals surface area contributed by atoms with E-state index in [1.165, 1.54) is 7.11 Å². The number of amides is 2. The van der Waals surface area contributed by atoms with Crippen LogP contribution in [0.3, 0.4) is 0 Å². The zero-order chi connectivity index (χ0) is 17.9. The highest BCUT2D eigenvalue weighted by molar-refractivity contribution is 6.31. The lowest BCUT2D eigenvalue weighted by Crippen LogP contribution is -2.49. The maximum Gasteiger partial charge on any atom is 0.255 e. The second-order valence-electron chi connectivity index (χ2n) is 7.13. The third kappa shape index (κ3) is 4.41. The van der Waals surface area contributed by atoms with Crippen LogP contribution >= 0.6 is 11.6 Å². The Hall–Kier alpha value is -1.75. The predicted molar refractivity (Wildman–Crippen MR) is 94.5 cm³/mol. The number of ether oxygens (including phenoxy) is 1. The molecule has 1 aliphatic rings. The standard InChI is InChI=1S/C18H25ClN2O3/c1-18(2,3)17(23)21-9-7-13(8-10-21)20-16(22)14-11-12(19)5-6-15(14)24-4/h5-6,11,13H,7-10H2,1-4H3,(H,20,22). The lowest BCUT2D eigenvalue weighted by Gasteiger charge is -2.36. The molecular formula is C18H25ClN2O3. The fraction of sp³-hybridized carbons (Fsp3) is 0.556. The van der Waals surface area contributed by atoms with Crippen LogP contribution in [0.5, 0.6) is 5.75 Å². The average molecular weight is 353 g/mol. The van der Waals surface area contributed by atoms with Crippen LogP contribution in [0, 0.1) is 5.41 Å². The summed E-state index contributed by atoms with van der Waals surface area (Å²) in [6.07, 6.45) is 1.49. The summed E-state index contributed by atoms with van der Waals surface area (Å²) in [7, 11) is 1.52. The van der Waals surface area contributed by atoms with Gasteiger partial charge in [0.1, 0.15) is 5.75 Å². The van der Waals surface area contributed by atoms with E-state index in [-0.39, 0.29) is 23.3 Å². The molecule has 1 saturated heterocycles. The van der Waals surface area contributed by atoms with E-state index >= 15 is 0 Å². The van der Waals surface area contributed by atoms with E-state index in [0.29, 0.717) is 29.4 Å². The van der Waals surface area contributed by atoms with Gasteiger partial charge in [-0.15, -0.1) is 0 Å². The molecule has 0 radical (unpaired) electrons. The first kappa shape index (κ1) is 18.6. The maximum atomic E-state index is 12.5. The summed E-state index contributed by atoms with van der Waals surface area (Å²) in [6, 6.07) is 5.02. The third-order valence-electron chi connectivity index (χ3n) is 4.17. The molecule has 2 amide bonds. The molecule has 0 saturated carbocycles. The fourth-order valence-electron chi connectivity index (χ4n) is 2.82. The summed E-state index contributed by atoms with van der Waals surface area (Å²) >= 11 is 5.98. The number of methoxy groups -OCH3 is 1. The van der Waals surface area contributed by atoms with Crippen molar-refractivity contribution < 1.29 is 14.3 Å². The molecule has 132 valence electrons. The summed E-state index contributed by atoms with van der Waals surface area (Å²) < 4.78 is 5.22. The lowest BCUT2D eigenvalue weighted by molar-refractivity contribution is -0.140. The number of benzene rings is 1. The second kappa shape index (κ2) is 7.43. The van der Waals surface area contributed by atoms with Gasteiger partial charge in [-0.1, -0.05) is 32.4 Å². The first-order valence-corrected chi connectivity index (χ1v) is 8.54. The highest BCUT2D eigenvalue weighted by Gasteiger charge is 2.31. The van der Waals surface area contributed by atoms with Gasteiger partial charge in [-0.2, -0.15) is 0 Å². The molecule has 5 nitrogen and oxygen atoms in total. The van der Waals surface area contributed by atoms with Crippen LogP contribution in [0.1, 0.15) is 44.0 Å². The van der Waals surface area contributed by atoms with Gasteiger partial charge in [-0.05, 0) is 31.0 Å². The van der Waals surface area contributed by atoms with E-state index < -0.39 is 0 Å². The average Bonchev–Trinajstić information content (AvgIpc) is 2.54. The van der Waals surface area contributed by atoms with Gasteiger partial charge in [0.15, 0.2) is 0 Å². The molecule has 1 fully saturated rings. The highest BCUT2D eigenvalue weighted by atomic mass is 35.5. The summed E-state index contributed by atoms with van der Waals surface area (Å²) in [5.41, 5.74) is 0.0581. The molecule has 0 spiro atoms. The van der Waals surface area contributed by atoms with Crippen LogP contribution in [0.4, 0.5) is 0 Å². The molecule has 0 bridgehead atoms. The number of hydrogen-bond acceptors (Lipinski definition) is 3. The Morgan fingerprint density at radius 3 is 2.42 bits per heavy atom. The van der Waals surface area contributed by atoms with Gasteiger partial charge >= 0.3 is 0 Å². The van der Waals surface area contributed by atoms with Gasteiger partial charge in [0.05, 0.1) is 12.7 Å². The molecule has 1 aromatic rings. The normalized spacial score (nSPS) is 16.0. The minimum atomic E-state index is -0.371. The van der Waals surface area contributed by atoms with E-state index in [1.54, 1.807) is 18.2 Å². The first-order valence-electron chi connectivity index (χ1n) is 8.16. The summed E-state index contributed by atoms with van der Waals surface area (Å²) in [5.74, 6) is 0.455. The SMILES string of the molecule is COc1ccc(Cl)cc1C(=O)NC1CCN(C(=O)C(C)(C)C)CC1. The molecule has 1 aromatic carbocycles. The molecule has 0 atom stereocenters. The van der Waals surface area contributed by atoms with E-state index in [2.05, 4.69) is 5.32 Å². The van der Waals surface area contributed by atoms with Crippen LogP contribution in [0.25, 0.3) is 0 Å². The number of halogens is 1. The number of nitrogens with zero attached hydrogens (tertiary/aromatic N) is 1. The fourth-order valence-corrected chi connectivity index (χ4v) is 2.99. The Kier molecular flexibility index (Phi) is 5.75.